The Balaban J connectivity index is 2.42. The normalized spacial score (nSPS) is 13.3. The third kappa shape index (κ3) is 3.38. The summed E-state index contributed by atoms with van der Waals surface area (Å²) in [6.07, 6.45) is 2.01. The number of hydrogen-bond donors (Lipinski definition) is 1. The highest BCUT2D eigenvalue weighted by atomic mass is 32.2. The highest BCUT2D eigenvalue weighted by molar-refractivity contribution is 7.90. The van der Waals surface area contributed by atoms with Gasteiger partial charge in [0.1, 0.15) is 5.76 Å². The molecule has 0 fully saturated rings. The topological polar surface area (TPSA) is 83.1 Å². The fourth-order valence-electron chi connectivity index (χ4n) is 0.966. The summed E-state index contributed by atoms with van der Waals surface area (Å²) in [7, 11) is -3.52. The van der Waals surface area contributed by atoms with Gasteiger partial charge in [-0.3, -0.25) is 0 Å². The van der Waals surface area contributed by atoms with Crippen molar-refractivity contribution in [3.05, 3.63) is 24.2 Å². The van der Waals surface area contributed by atoms with Crippen molar-refractivity contribution in [2.75, 3.05) is 6.54 Å². The third-order valence-electron chi connectivity index (χ3n) is 1.90. The summed E-state index contributed by atoms with van der Waals surface area (Å²) < 4.78 is 30.0. The maximum absolute atomic E-state index is 11.3. The molecule has 5 nitrogen and oxygen atoms in total. The van der Waals surface area contributed by atoms with Gasteiger partial charge in [-0.15, -0.1) is 0 Å². The molecule has 15 heavy (non-hydrogen) atoms. The van der Waals surface area contributed by atoms with Crippen LogP contribution in [0.4, 0.5) is 0 Å². The van der Waals surface area contributed by atoms with E-state index < -0.39 is 15.3 Å². The van der Waals surface area contributed by atoms with Gasteiger partial charge in [-0.2, -0.15) is 5.26 Å². The van der Waals surface area contributed by atoms with Crippen LogP contribution in [-0.4, -0.2) is 20.2 Å². The number of furan rings is 1. The second-order valence-electron chi connectivity index (χ2n) is 3.04. The first-order chi connectivity index (χ1) is 7.06. The second kappa shape index (κ2) is 4.96. The van der Waals surface area contributed by atoms with Crippen LogP contribution in [0, 0.1) is 11.3 Å². The minimum absolute atomic E-state index is 0.238. The number of rotatable bonds is 5. The number of nitrogens with one attached hydrogen (secondary N) is 1. The quantitative estimate of drug-likeness (QED) is 0.802. The standard InChI is InChI=1S/C9H12N2O3S/c1-8(7-10)15(12,13)11-5-4-9-3-2-6-14-9/h2-3,6,8,11H,4-5H2,1H3. The molecule has 0 bridgehead atoms. The van der Waals surface area contributed by atoms with Gasteiger partial charge >= 0.3 is 0 Å². The summed E-state index contributed by atoms with van der Waals surface area (Å²) in [5.41, 5.74) is 0. The zero-order chi connectivity index (χ0) is 11.3. The molecule has 1 atom stereocenters. The monoisotopic (exact) mass is 228 g/mol. The van der Waals surface area contributed by atoms with Crippen molar-refractivity contribution in [2.45, 2.75) is 18.6 Å². The van der Waals surface area contributed by atoms with Gasteiger partial charge in [-0.05, 0) is 19.1 Å². The molecule has 1 N–H and O–H groups in total. The molecule has 0 saturated heterocycles. The van der Waals surface area contributed by atoms with Gasteiger partial charge in [0.15, 0.2) is 5.25 Å². The van der Waals surface area contributed by atoms with Crippen molar-refractivity contribution in [2.24, 2.45) is 0 Å². The zero-order valence-electron chi connectivity index (χ0n) is 8.30. The van der Waals surface area contributed by atoms with Crippen LogP contribution >= 0.6 is 0 Å². The van der Waals surface area contributed by atoms with E-state index >= 15 is 0 Å². The van der Waals surface area contributed by atoms with Crippen LogP contribution in [0.1, 0.15) is 12.7 Å². The van der Waals surface area contributed by atoms with Crippen LogP contribution in [0.2, 0.25) is 0 Å². The molecule has 1 rings (SSSR count). The average molecular weight is 228 g/mol. The lowest BCUT2D eigenvalue weighted by Gasteiger charge is -2.06. The molecule has 0 spiro atoms. The van der Waals surface area contributed by atoms with Crippen molar-refractivity contribution in [3.8, 4) is 6.07 Å². The average Bonchev–Trinajstić information content (AvgIpc) is 2.69. The molecule has 0 amide bonds. The number of nitrogens with zero attached hydrogens (tertiary/aromatic N) is 1. The summed E-state index contributed by atoms with van der Waals surface area (Å²) in [4.78, 5) is 0. The summed E-state index contributed by atoms with van der Waals surface area (Å²) in [5.74, 6) is 0.710. The van der Waals surface area contributed by atoms with Crippen molar-refractivity contribution in [3.63, 3.8) is 0 Å². The van der Waals surface area contributed by atoms with Crippen molar-refractivity contribution < 1.29 is 12.8 Å². The molecule has 1 heterocycles. The lowest BCUT2D eigenvalue weighted by Crippen LogP contribution is -2.33. The van der Waals surface area contributed by atoms with Crippen molar-refractivity contribution in [1.29, 1.82) is 5.26 Å². The molecular formula is C9H12N2O3S. The van der Waals surface area contributed by atoms with E-state index in [1.165, 1.54) is 13.2 Å². The number of hydrogen-bond acceptors (Lipinski definition) is 4. The number of nitriles is 1. The molecule has 0 saturated carbocycles. The molecule has 0 aliphatic heterocycles. The largest absolute Gasteiger partial charge is 0.469 e. The minimum Gasteiger partial charge on any atom is -0.469 e. The van der Waals surface area contributed by atoms with Gasteiger partial charge in [0, 0.05) is 13.0 Å². The smallest absolute Gasteiger partial charge is 0.227 e. The molecule has 1 aromatic heterocycles. The van der Waals surface area contributed by atoms with Crippen LogP contribution in [0.25, 0.3) is 0 Å². The van der Waals surface area contributed by atoms with Gasteiger partial charge in [-0.1, -0.05) is 0 Å². The van der Waals surface area contributed by atoms with Gasteiger partial charge in [0.25, 0.3) is 0 Å². The summed E-state index contributed by atoms with van der Waals surface area (Å²) in [6, 6.07) is 5.18. The first-order valence-electron chi connectivity index (χ1n) is 4.47. The Morgan fingerprint density at radius 1 is 1.67 bits per heavy atom. The Hall–Kier alpha value is -1.32. The van der Waals surface area contributed by atoms with Crippen LogP contribution in [0.15, 0.2) is 22.8 Å². The first kappa shape index (κ1) is 11.8. The van der Waals surface area contributed by atoms with E-state index in [2.05, 4.69) is 4.72 Å². The molecule has 0 radical (unpaired) electrons. The molecule has 1 unspecified atom stereocenters. The van der Waals surface area contributed by atoms with Crippen LogP contribution in [0.5, 0.6) is 0 Å². The third-order valence-corrected chi connectivity index (χ3v) is 3.54. The summed E-state index contributed by atoms with van der Waals surface area (Å²) in [6.45, 7) is 1.58. The minimum atomic E-state index is -3.52. The van der Waals surface area contributed by atoms with E-state index in [0.29, 0.717) is 12.2 Å². The van der Waals surface area contributed by atoms with E-state index in [4.69, 9.17) is 9.68 Å². The molecule has 0 aromatic carbocycles. The van der Waals surface area contributed by atoms with E-state index in [-0.39, 0.29) is 6.54 Å². The van der Waals surface area contributed by atoms with Crippen LogP contribution in [0.3, 0.4) is 0 Å². The zero-order valence-corrected chi connectivity index (χ0v) is 9.12. The number of sulfonamides is 1. The van der Waals surface area contributed by atoms with Crippen LogP contribution < -0.4 is 4.72 Å². The van der Waals surface area contributed by atoms with E-state index in [0.717, 1.165) is 0 Å². The maximum Gasteiger partial charge on any atom is 0.227 e. The van der Waals surface area contributed by atoms with Crippen molar-refractivity contribution >= 4 is 10.0 Å². The summed E-state index contributed by atoms with van der Waals surface area (Å²) >= 11 is 0. The summed E-state index contributed by atoms with van der Waals surface area (Å²) in [5, 5.41) is 7.43. The molecule has 1 aromatic rings. The Morgan fingerprint density at radius 2 is 2.40 bits per heavy atom. The van der Waals surface area contributed by atoms with Gasteiger partial charge in [0.2, 0.25) is 10.0 Å². The second-order valence-corrected chi connectivity index (χ2v) is 5.13. The lowest BCUT2D eigenvalue weighted by atomic mass is 10.3. The SMILES string of the molecule is CC(C#N)S(=O)(=O)NCCc1ccco1. The van der Waals surface area contributed by atoms with E-state index in [9.17, 15) is 8.42 Å². The predicted molar refractivity (Wildman–Crippen MR) is 54.4 cm³/mol. The Labute approximate surface area is 88.8 Å². The Bertz CT molecular complexity index is 430. The van der Waals surface area contributed by atoms with Gasteiger partial charge < -0.3 is 4.42 Å². The Morgan fingerprint density at radius 3 is 2.93 bits per heavy atom. The Kier molecular flexibility index (Phi) is 3.88. The highest BCUT2D eigenvalue weighted by Gasteiger charge is 2.18. The molecule has 0 aliphatic carbocycles. The predicted octanol–water partition coefficient (Wildman–Crippen LogP) is 0.654. The molecule has 6 heteroatoms. The van der Waals surface area contributed by atoms with Crippen molar-refractivity contribution in [1.82, 2.24) is 4.72 Å². The van der Waals surface area contributed by atoms with Crippen LogP contribution in [-0.2, 0) is 16.4 Å². The molecule has 0 aliphatic rings. The fourth-order valence-corrected chi connectivity index (χ4v) is 1.74. The van der Waals surface area contributed by atoms with E-state index in [1.807, 2.05) is 0 Å². The molecular weight excluding hydrogens is 216 g/mol. The van der Waals surface area contributed by atoms with E-state index in [1.54, 1.807) is 18.2 Å². The first-order valence-corrected chi connectivity index (χ1v) is 6.01. The maximum atomic E-state index is 11.3. The van der Waals surface area contributed by atoms with Gasteiger partial charge in [0.05, 0.1) is 12.3 Å². The highest BCUT2D eigenvalue weighted by Crippen LogP contribution is 2.01. The fraction of sp³-hybridized carbons (Fsp3) is 0.444. The lowest BCUT2D eigenvalue weighted by molar-refractivity contribution is 0.505. The molecule has 82 valence electrons. The van der Waals surface area contributed by atoms with Gasteiger partial charge in [-0.25, -0.2) is 13.1 Å².